The van der Waals surface area contributed by atoms with E-state index >= 15 is 0 Å². The van der Waals surface area contributed by atoms with Gasteiger partial charge in [0.25, 0.3) is 0 Å². The summed E-state index contributed by atoms with van der Waals surface area (Å²) in [4.78, 5) is 19.9. The molecule has 1 aliphatic heterocycles. The van der Waals surface area contributed by atoms with E-state index < -0.39 is 5.97 Å². The maximum absolute atomic E-state index is 11.4. The third kappa shape index (κ3) is 1.62. The number of nitrogens with zero attached hydrogens (tertiary/aromatic N) is 3. The van der Waals surface area contributed by atoms with E-state index in [2.05, 4.69) is 14.7 Å². The van der Waals surface area contributed by atoms with Crippen molar-refractivity contribution in [2.45, 2.75) is 6.42 Å². The van der Waals surface area contributed by atoms with E-state index in [-0.39, 0.29) is 0 Å². The van der Waals surface area contributed by atoms with Crippen molar-refractivity contribution in [3.05, 3.63) is 36.0 Å². The Hall–Kier alpha value is -2.37. The lowest BCUT2D eigenvalue weighted by Crippen LogP contribution is -2.05. The van der Waals surface area contributed by atoms with Crippen LogP contribution in [0.15, 0.2) is 24.7 Å². The van der Waals surface area contributed by atoms with Crippen LogP contribution >= 0.6 is 0 Å². The lowest BCUT2D eigenvalue weighted by atomic mass is 10.2. The van der Waals surface area contributed by atoms with Crippen molar-refractivity contribution in [2.75, 3.05) is 13.7 Å². The van der Waals surface area contributed by atoms with Crippen LogP contribution in [0.1, 0.15) is 16.2 Å². The molecule has 2 aromatic heterocycles. The number of hydrogen-bond donors (Lipinski definition) is 0. The van der Waals surface area contributed by atoms with Crippen LogP contribution in [0.2, 0.25) is 0 Å². The highest BCUT2D eigenvalue weighted by molar-refractivity contribution is 5.89. The Morgan fingerprint density at radius 2 is 2.39 bits per heavy atom. The monoisotopic (exact) mass is 245 g/mol. The molecule has 0 saturated heterocycles. The number of imidazole rings is 1. The topological polar surface area (TPSA) is 66.2 Å². The van der Waals surface area contributed by atoms with E-state index in [1.807, 2.05) is 10.8 Å². The number of esters is 1. The minimum Gasteiger partial charge on any atom is -0.489 e. The molecule has 2 aromatic rings. The summed E-state index contributed by atoms with van der Waals surface area (Å²) in [6.07, 6.45) is 5.73. The average molecular weight is 245 g/mol. The second-order valence-corrected chi connectivity index (χ2v) is 3.85. The number of fused-ring (bicyclic) bond motifs is 3. The fraction of sp³-hybridized carbons (Fsp3) is 0.250. The first-order valence-corrected chi connectivity index (χ1v) is 5.53. The van der Waals surface area contributed by atoms with E-state index in [1.54, 1.807) is 12.3 Å². The number of rotatable bonds is 1. The summed E-state index contributed by atoms with van der Waals surface area (Å²) in [6, 6.07) is 1.64. The molecule has 1 aliphatic rings. The van der Waals surface area contributed by atoms with Crippen LogP contribution in [0.5, 0.6) is 5.75 Å². The van der Waals surface area contributed by atoms with Crippen molar-refractivity contribution in [2.24, 2.45) is 0 Å². The molecule has 0 aliphatic carbocycles. The van der Waals surface area contributed by atoms with Crippen molar-refractivity contribution in [1.82, 2.24) is 14.5 Å². The van der Waals surface area contributed by atoms with Gasteiger partial charge in [0.2, 0.25) is 0 Å². The van der Waals surface area contributed by atoms with Gasteiger partial charge in [-0.05, 0) is 0 Å². The van der Waals surface area contributed by atoms with Gasteiger partial charge in [-0.3, -0.25) is 4.57 Å². The summed E-state index contributed by atoms with van der Waals surface area (Å²) in [5.74, 6) is 1.68. The maximum Gasteiger partial charge on any atom is 0.339 e. The Balaban J connectivity index is 2.11. The van der Waals surface area contributed by atoms with Gasteiger partial charge in [-0.2, -0.15) is 0 Å². The first-order chi connectivity index (χ1) is 8.79. The highest BCUT2D eigenvalue weighted by Gasteiger charge is 2.18. The quantitative estimate of drug-likeness (QED) is 0.701. The Morgan fingerprint density at radius 1 is 1.50 bits per heavy atom. The Bertz CT molecular complexity index is 606. The normalized spacial score (nSPS) is 12.9. The van der Waals surface area contributed by atoms with E-state index in [1.165, 1.54) is 13.3 Å². The minimum absolute atomic E-state index is 0.375. The fourth-order valence-electron chi connectivity index (χ4n) is 1.92. The number of pyridine rings is 1. The third-order valence-corrected chi connectivity index (χ3v) is 2.78. The molecule has 0 radical (unpaired) electrons. The van der Waals surface area contributed by atoms with E-state index in [0.717, 1.165) is 5.82 Å². The maximum atomic E-state index is 11.4. The number of hydrogen-bond acceptors (Lipinski definition) is 5. The first kappa shape index (κ1) is 10.8. The van der Waals surface area contributed by atoms with Crippen molar-refractivity contribution in [1.29, 1.82) is 0 Å². The molecule has 0 N–H and O–H groups in total. The molecule has 0 atom stereocenters. The van der Waals surface area contributed by atoms with Gasteiger partial charge in [-0.1, -0.05) is 0 Å². The molecule has 0 saturated carbocycles. The zero-order chi connectivity index (χ0) is 12.5. The van der Waals surface area contributed by atoms with Gasteiger partial charge in [0.05, 0.1) is 19.3 Å². The van der Waals surface area contributed by atoms with Crippen LogP contribution < -0.4 is 4.74 Å². The predicted octanol–water partition coefficient (Wildman–Crippen LogP) is 0.989. The van der Waals surface area contributed by atoms with Gasteiger partial charge in [0.1, 0.15) is 5.82 Å². The van der Waals surface area contributed by atoms with Crippen LogP contribution in [-0.4, -0.2) is 34.2 Å². The molecule has 0 fully saturated rings. The van der Waals surface area contributed by atoms with Crippen molar-refractivity contribution in [3.63, 3.8) is 0 Å². The number of carbonyl (C=O) groups is 1. The second kappa shape index (κ2) is 4.14. The molecular formula is C12H11N3O3. The molecular weight excluding hydrogens is 234 g/mol. The average Bonchev–Trinajstić information content (AvgIpc) is 2.79. The summed E-state index contributed by atoms with van der Waals surface area (Å²) < 4.78 is 12.1. The molecule has 92 valence electrons. The smallest absolute Gasteiger partial charge is 0.339 e. The van der Waals surface area contributed by atoms with Crippen LogP contribution in [0.3, 0.4) is 0 Å². The molecule has 6 heteroatoms. The third-order valence-electron chi connectivity index (χ3n) is 2.78. The first-order valence-electron chi connectivity index (χ1n) is 5.53. The van der Waals surface area contributed by atoms with Crippen LogP contribution in [0.25, 0.3) is 5.82 Å². The molecule has 0 unspecified atom stereocenters. The zero-order valence-electron chi connectivity index (χ0n) is 9.79. The highest BCUT2D eigenvalue weighted by Crippen LogP contribution is 2.26. The molecule has 0 aromatic carbocycles. The SMILES string of the molecule is COC(=O)c1cnc2c(c1)OCCc1nccn1-2. The molecule has 0 amide bonds. The summed E-state index contributed by atoms with van der Waals surface area (Å²) >= 11 is 0. The molecule has 18 heavy (non-hydrogen) atoms. The molecule has 6 nitrogen and oxygen atoms in total. The second-order valence-electron chi connectivity index (χ2n) is 3.85. The zero-order valence-corrected chi connectivity index (χ0v) is 9.79. The summed E-state index contributed by atoms with van der Waals surface area (Å²) in [5, 5.41) is 0. The van der Waals surface area contributed by atoms with Gasteiger partial charge < -0.3 is 9.47 Å². The number of methoxy groups -OCH3 is 1. The van der Waals surface area contributed by atoms with Gasteiger partial charge in [-0.15, -0.1) is 0 Å². The van der Waals surface area contributed by atoms with Crippen molar-refractivity contribution in [3.8, 4) is 11.6 Å². The molecule has 0 bridgehead atoms. The van der Waals surface area contributed by atoms with Crippen molar-refractivity contribution < 1.29 is 14.3 Å². The Morgan fingerprint density at radius 3 is 3.22 bits per heavy atom. The fourth-order valence-corrected chi connectivity index (χ4v) is 1.92. The van der Waals surface area contributed by atoms with Crippen LogP contribution in [0.4, 0.5) is 0 Å². The number of carbonyl (C=O) groups excluding carboxylic acids is 1. The van der Waals surface area contributed by atoms with E-state index in [9.17, 15) is 4.79 Å². The number of aromatic nitrogens is 3. The van der Waals surface area contributed by atoms with Crippen LogP contribution in [0, 0.1) is 0 Å². The van der Waals surface area contributed by atoms with Gasteiger partial charge >= 0.3 is 5.97 Å². The highest BCUT2D eigenvalue weighted by atomic mass is 16.5. The lowest BCUT2D eigenvalue weighted by Gasteiger charge is -2.08. The minimum atomic E-state index is -0.427. The van der Waals surface area contributed by atoms with E-state index in [0.29, 0.717) is 30.2 Å². The van der Waals surface area contributed by atoms with Gasteiger partial charge in [0, 0.05) is 31.1 Å². The lowest BCUT2D eigenvalue weighted by molar-refractivity contribution is 0.0599. The number of ether oxygens (including phenoxy) is 2. The summed E-state index contributed by atoms with van der Waals surface area (Å²) in [7, 11) is 1.34. The summed E-state index contributed by atoms with van der Waals surface area (Å²) in [6.45, 7) is 0.510. The van der Waals surface area contributed by atoms with Crippen LogP contribution in [-0.2, 0) is 11.2 Å². The largest absolute Gasteiger partial charge is 0.489 e. The molecule has 3 heterocycles. The van der Waals surface area contributed by atoms with Crippen molar-refractivity contribution >= 4 is 5.97 Å². The van der Waals surface area contributed by atoms with Gasteiger partial charge in [-0.25, -0.2) is 14.8 Å². The van der Waals surface area contributed by atoms with Gasteiger partial charge in [0.15, 0.2) is 11.6 Å². The Kier molecular flexibility index (Phi) is 2.47. The molecule has 3 rings (SSSR count). The predicted molar refractivity (Wildman–Crippen MR) is 61.9 cm³/mol. The standard InChI is InChI=1S/C12H11N3O3/c1-17-12(16)8-6-9-11(14-7-8)15-4-3-13-10(15)2-5-18-9/h3-4,6-7H,2,5H2,1H3. The Labute approximate surface area is 103 Å². The molecule has 0 spiro atoms. The van der Waals surface area contributed by atoms with E-state index in [4.69, 9.17) is 4.74 Å². The summed E-state index contributed by atoms with van der Waals surface area (Å²) in [5.41, 5.74) is 0.375.